The fourth-order valence-corrected chi connectivity index (χ4v) is 3.57. The Hall–Kier alpha value is -3.29. The van der Waals surface area contributed by atoms with Gasteiger partial charge in [0.05, 0.1) is 11.0 Å². The van der Waals surface area contributed by atoms with Gasteiger partial charge in [-0.1, -0.05) is 13.8 Å². The number of carbonyl (C=O) groups is 1. The van der Waals surface area contributed by atoms with Gasteiger partial charge in [-0.25, -0.2) is 14.4 Å². The van der Waals surface area contributed by atoms with Crippen LogP contribution in [0.1, 0.15) is 37.6 Å². The molecule has 0 spiro atoms. The summed E-state index contributed by atoms with van der Waals surface area (Å²) in [6.07, 6.45) is 3.96. The summed E-state index contributed by atoms with van der Waals surface area (Å²) in [4.78, 5) is 40.7. The first kappa shape index (κ1) is 19.0. The van der Waals surface area contributed by atoms with Gasteiger partial charge in [0.15, 0.2) is 11.2 Å². The van der Waals surface area contributed by atoms with Gasteiger partial charge in [-0.15, -0.1) is 0 Å². The molecule has 0 aliphatic carbocycles. The highest BCUT2D eigenvalue weighted by Gasteiger charge is 2.19. The Balaban J connectivity index is 1.86. The lowest BCUT2D eigenvalue weighted by molar-refractivity contribution is 0.0757. The van der Waals surface area contributed by atoms with Gasteiger partial charge < -0.3 is 9.47 Å². The van der Waals surface area contributed by atoms with Gasteiger partial charge >= 0.3 is 0 Å². The van der Waals surface area contributed by atoms with Crippen molar-refractivity contribution in [3.63, 3.8) is 0 Å². The predicted octanol–water partition coefficient (Wildman–Crippen LogP) is 2.64. The molecule has 29 heavy (non-hydrogen) atoms. The van der Waals surface area contributed by atoms with Gasteiger partial charge in [-0.3, -0.25) is 9.59 Å². The Morgan fingerprint density at radius 3 is 2.66 bits per heavy atom. The summed E-state index contributed by atoms with van der Waals surface area (Å²) in [5.41, 5.74) is 2.32. The first-order chi connectivity index (χ1) is 13.9. The minimum absolute atomic E-state index is 0.00546. The van der Waals surface area contributed by atoms with Crippen LogP contribution in [0, 0.1) is 5.92 Å². The summed E-state index contributed by atoms with van der Waals surface area (Å²) < 4.78 is 3.34. The summed E-state index contributed by atoms with van der Waals surface area (Å²) in [5, 5.41) is 0. The van der Waals surface area contributed by atoms with Crippen LogP contribution in [0.5, 0.6) is 0 Å². The Kier molecular flexibility index (Phi) is 4.77. The van der Waals surface area contributed by atoms with E-state index in [1.54, 1.807) is 12.1 Å². The van der Waals surface area contributed by atoms with Crippen LogP contribution in [0.25, 0.3) is 28.0 Å². The van der Waals surface area contributed by atoms with Crippen molar-refractivity contribution < 1.29 is 4.79 Å². The molecule has 3 heterocycles. The van der Waals surface area contributed by atoms with Crippen LogP contribution in [-0.2, 0) is 7.05 Å². The number of aryl methyl sites for hydroxylation is 1. The molecule has 0 bridgehead atoms. The zero-order chi connectivity index (χ0) is 20.7. The molecule has 0 N–H and O–H groups in total. The van der Waals surface area contributed by atoms with E-state index in [1.165, 1.54) is 16.8 Å². The van der Waals surface area contributed by atoms with E-state index >= 15 is 0 Å². The lowest BCUT2D eigenvalue weighted by Crippen LogP contribution is -2.32. The standard InChI is InChI=1S/C21H24N6O2/c1-5-26(11-8-13(2)3)19(28)14-6-7-15-16(12-14)25(4)21-24-18-17(20(29)27(15)21)22-9-10-23-18/h6-7,9-10,12-13H,5,8,11H2,1-4H3. The maximum Gasteiger partial charge on any atom is 0.287 e. The molecule has 0 aliphatic rings. The number of aromatic nitrogens is 5. The summed E-state index contributed by atoms with van der Waals surface area (Å²) in [6, 6.07) is 5.40. The molecular formula is C21H24N6O2. The smallest absolute Gasteiger partial charge is 0.287 e. The highest BCUT2D eigenvalue weighted by molar-refractivity contribution is 5.98. The maximum atomic E-state index is 13.0. The molecule has 0 aliphatic heterocycles. The molecule has 1 aromatic carbocycles. The normalized spacial score (nSPS) is 11.8. The molecule has 4 rings (SSSR count). The summed E-state index contributed by atoms with van der Waals surface area (Å²) in [5.74, 6) is 0.996. The second kappa shape index (κ2) is 7.27. The SMILES string of the molecule is CCN(CCC(C)C)C(=O)c1ccc2c(c1)n(C)c1nc3nccnc3c(=O)n21. The number of carbonyl (C=O) groups excluding carboxylic acids is 1. The quantitative estimate of drug-likeness (QED) is 0.521. The molecular weight excluding hydrogens is 368 g/mol. The molecule has 0 unspecified atom stereocenters. The van der Waals surface area contributed by atoms with Gasteiger partial charge in [-0.05, 0) is 37.5 Å². The zero-order valence-electron chi connectivity index (χ0n) is 17.1. The minimum atomic E-state index is -0.269. The van der Waals surface area contributed by atoms with E-state index in [0.29, 0.717) is 35.0 Å². The van der Waals surface area contributed by atoms with Crippen molar-refractivity contribution in [3.8, 4) is 0 Å². The summed E-state index contributed by atoms with van der Waals surface area (Å²) >= 11 is 0. The molecule has 4 aromatic rings. The second-order valence-corrected chi connectivity index (χ2v) is 7.61. The van der Waals surface area contributed by atoms with Gasteiger partial charge in [0.1, 0.15) is 0 Å². The lowest BCUT2D eigenvalue weighted by atomic mass is 10.1. The van der Waals surface area contributed by atoms with Crippen molar-refractivity contribution >= 4 is 33.9 Å². The minimum Gasteiger partial charge on any atom is -0.339 e. The Labute approximate surface area is 167 Å². The van der Waals surface area contributed by atoms with Crippen LogP contribution in [0.2, 0.25) is 0 Å². The van der Waals surface area contributed by atoms with Crippen LogP contribution in [0.15, 0.2) is 35.4 Å². The molecule has 150 valence electrons. The van der Waals surface area contributed by atoms with Crippen LogP contribution in [0.3, 0.4) is 0 Å². The number of rotatable bonds is 5. The van der Waals surface area contributed by atoms with Crippen LogP contribution in [-0.4, -0.2) is 47.8 Å². The highest BCUT2D eigenvalue weighted by Crippen LogP contribution is 2.21. The van der Waals surface area contributed by atoms with Crippen molar-refractivity contribution in [1.82, 2.24) is 28.8 Å². The van der Waals surface area contributed by atoms with Gasteiger partial charge in [-0.2, -0.15) is 4.98 Å². The largest absolute Gasteiger partial charge is 0.339 e. The molecule has 1 amide bonds. The Morgan fingerprint density at radius 1 is 1.17 bits per heavy atom. The Morgan fingerprint density at radius 2 is 1.93 bits per heavy atom. The third-order valence-corrected chi connectivity index (χ3v) is 5.26. The van der Waals surface area contributed by atoms with Gasteiger partial charge in [0.2, 0.25) is 5.78 Å². The second-order valence-electron chi connectivity index (χ2n) is 7.61. The molecule has 0 saturated heterocycles. The first-order valence-corrected chi connectivity index (χ1v) is 9.83. The van der Waals surface area contributed by atoms with Crippen LogP contribution >= 0.6 is 0 Å². The number of nitrogens with zero attached hydrogens (tertiary/aromatic N) is 6. The average molecular weight is 392 g/mol. The van der Waals surface area contributed by atoms with E-state index in [-0.39, 0.29) is 17.0 Å². The van der Waals surface area contributed by atoms with E-state index in [1.807, 2.05) is 29.5 Å². The molecule has 0 atom stereocenters. The number of amides is 1. The van der Waals surface area contributed by atoms with Crippen LogP contribution < -0.4 is 5.56 Å². The Bertz CT molecular complexity index is 1290. The monoisotopic (exact) mass is 392 g/mol. The fraction of sp³-hybridized carbons (Fsp3) is 0.381. The molecule has 8 heteroatoms. The predicted molar refractivity (Wildman–Crippen MR) is 112 cm³/mol. The molecule has 8 nitrogen and oxygen atoms in total. The molecule has 3 aromatic heterocycles. The van der Waals surface area contributed by atoms with Crippen molar-refractivity contribution in [3.05, 3.63) is 46.5 Å². The van der Waals surface area contributed by atoms with Crippen molar-refractivity contribution in [2.45, 2.75) is 27.2 Å². The number of benzene rings is 1. The number of hydrogen-bond donors (Lipinski definition) is 0. The summed E-state index contributed by atoms with van der Waals surface area (Å²) in [6.45, 7) is 7.67. The number of hydrogen-bond acceptors (Lipinski definition) is 5. The number of imidazole rings is 1. The molecule has 0 saturated carbocycles. The molecule has 0 radical (unpaired) electrons. The lowest BCUT2D eigenvalue weighted by Gasteiger charge is -2.22. The third-order valence-electron chi connectivity index (χ3n) is 5.26. The third kappa shape index (κ3) is 3.14. The maximum absolute atomic E-state index is 13.0. The van der Waals surface area contributed by atoms with Gasteiger partial charge in [0.25, 0.3) is 11.5 Å². The van der Waals surface area contributed by atoms with Crippen LogP contribution in [0.4, 0.5) is 0 Å². The topological polar surface area (TPSA) is 85.4 Å². The van der Waals surface area contributed by atoms with Crippen molar-refractivity contribution in [2.24, 2.45) is 13.0 Å². The zero-order valence-corrected chi connectivity index (χ0v) is 17.1. The number of fused-ring (bicyclic) bond motifs is 4. The van der Waals surface area contributed by atoms with Gasteiger partial charge in [0, 0.05) is 38.1 Å². The highest BCUT2D eigenvalue weighted by atomic mass is 16.2. The van der Waals surface area contributed by atoms with E-state index in [4.69, 9.17) is 0 Å². The average Bonchev–Trinajstić information content (AvgIpc) is 3.00. The molecule has 0 fully saturated rings. The van der Waals surface area contributed by atoms with Crippen molar-refractivity contribution in [2.75, 3.05) is 13.1 Å². The summed E-state index contributed by atoms with van der Waals surface area (Å²) in [7, 11) is 1.83. The van der Waals surface area contributed by atoms with E-state index in [0.717, 1.165) is 18.5 Å². The van der Waals surface area contributed by atoms with Crippen molar-refractivity contribution in [1.29, 1.82) is 0 Å². The van der Waals surface area contributed by atoms with E-state index in [9.17, 15) is 9.59 Å². The van der Waals surface area contributed by atoms with E-state index in [2.05, 4.69) is 28.8 Å². The fourth-order valence-electron chi connectivity index (χ4n) is 3.57. The van der Waals surface area contributed by atoms with E-state index < -0.39 is 0 Å². The first-order valence-electron chi connectivity index (χ1n) is 9.83.